The Bertz CT molecular complexity index is 454. The first-order valence-electron chi connectivity index (χ1n) is 7.05. The zero-order valence-electron chi connectivity index (χ0n) is 10.5. The van der Waals surface area contributed by atoms with Gasteiger partial charge in [0.05, 0.1) is 12.1 Å². The molecule has 3 nitrogen and oxygen atoms in total. The summed E-state index contributed by atoms with van der Waals surface area (Å²) in [6.07, 6.45) is 6.57. The smallest absolute Gasteiger partial charge is 0.195 e. The lowest BCUT2D eigenvalue weighted by molar-refractivity contribution is 0.188. The van der Waals surface area contributed by atoms with Gasteiger partial charge in [-0.1, -0.05) is 12.8 Å². The fraction of sp³-hybridized carbons (Fsp3) is 0.643. The van der Waals surface area contributed by atoms with Crippen molar-refractivity contribution in [2.45, 2.75) is 50.2 Å². The maximum absolute atomic E-state index is 4.71. The topological polar surface area (TPSA) is 27.6 Å². The molecule has 18 heavy (non-hydrogen) atoms. The average Bonchev–Trinajstić information content (AvgIpc) is 3.05. The lowest BCUT2D eigenvalue weighted by atomic mass is 9.89. The molecule has 0 radical (unpaired) electrons. The summed E-state index contributed by atoms with van der Waals surface area (Å²) in [5.74, 6) is 1.18. The van der Waals surface area contributed by atoms with E-state index in [0.717, 1.165) is 6.54 Å². The SMILES string of the molecule is c1cc(C2CCN=C3NC4CCCCC4N32)cs1. The van der Waals surface area contributed by atoms with Gasteiger partial charge in [0, 0.05) is 12.6 Å². The third-order valence-electron chi connectivity index (χ3n) is 4.57. The number of rotatable bonds is 1. The van der Waals surface area contributed by atoms with Crippen molar-refractivity contribution in [2.75, 3.05) is 6.54 Å². The van der Waals surface area contributed by atoms with Crippen molar-refractivity contribution in [2.24, 2.45) is 4.99 Å². The molecule has 1 aliphatic carbocycles. The Balaban J connectivity index is 1.69. The summed E-state index contributed by atoms with van der Waals surface area (Å²) < 4.78 is 0. The van der Waals surface area contributed by atoms with E-state index in [9.17, 15) is 0 Å². The summed E-state index contributed by atoms with van der Waals surface area (Å²) >= 11 is 1.81. The van der Waals surface area contributed by atoms with Crippen LogP contribution in [0.2, 0.25) is 0 Å². The predicted molar refractivity (Wildman–Crippen MR) is 75.0 cm³/mol. The van der Waals surface area contributed by atoms with Crippen molar-refractivity contribution in [1.82, 2.24) is 10.2 Å². The number of nitrogens with zero attached hydrogens (tertiary/aromatic N) is 2. The molecule has 3 heterocycles. The van der Waals surface area contributed by atoms with Gasteiger partial charge < -0.3 is 10.2 Å². The second-order valence-corrected chi connectivity index (χ2v) is 6.36. The Hall–Kier alpha value is -1.03. The van der Waals surface area contributed by atoms with Gasteiger partial charge in [0.2, 0.25) is 0 Å². The first-order valence-corrected chi connectivity index (χ1v) is 7.99. The van der Waals surface area contributed by atoms with E-state index in [1.807, 2.05) is 11.3 Å². The van der Waals surface area contributed by atoms with Crippen molar-refractivity contribution >= 4 is 17.3 Å². The molecule has 0 amide bonds. The molecule has 3 atom stereocenters. The number of aliphatic imine (C=N–C) groups is 1. The molecule has 96 valence electrons. The van der Waals surface area contributed by atoms with Gasteiger partial charge >= 0.3 is 0 Å². The highest BCUT2D eigenvalue weighted by Crippen LogP contribution is 2.38. The van der Waals surface area contributed by atoms with E-state index < -0.39 is 0 Å². The third kappa shape index (κ3) is 1.58. The molecule has 1 saturated heterocycles. The summed E-state index contributed by atoms with van der Waals surface area (Å²) in [5.41, 5.74) is 1.49. The van der Waals surface area contributed by atoms with Crippen LogP contribution in [-0.4, -0.2) is 29.5 Å². The molecule has 0 bridgehead atoms. The van der Waals surface area contributed by atoms with E-state index in [0.29, 0.717) is 18.1 Å². The lowest BCUT2D eigenvalue weighted by Gasteiger charge is -2.38. The van der Waals surface area contributed by atoms with Gasteiger partial charge in [-0.25, -0.2) is 0 Å². The molecular weight excluding hydrogens is 242 g/mol. The zero-order valence-corrected chi connectivity index (χ0v) is 11.3. The van der Waals surface area contributed by atoms with Crippen molar-refractivity contribution < 1.29 is 0 Å². The van der Waals surface area contributed by atoms with E-state index in [1.54, 1.807) is 0 Å². The van der Waals surface area contributed by atoms with Crippen LogP contribution >= 0.6 is 11.3 Å². The Morgan fingerprint density at radius 2 is 2.22 bits per heavy atom. The van der Waals surface area contributed by atoms with Crippen molar-refractivity contribution in [3.05, 3.63) is 22.4 Å². The van der Waals surface area contributed by atoms with Gasteiger partial charge in [-0.05, 0) is 41.7 Å². The van der Waals surface area contributed by atoms with Crippen molar-refractivity contribution in [3.8, 4) is 0 Å². The van der Waals surface area contributed by atoms with Gasteiger partial charge in [0.25, 0.3) is 0 Å². The number of fused-ring (bicyclic) bond motifs is 3. The molecule has 0 aromatic carbocycles. The first-order chi connectivity index (χ1) is 8.93. The lowest BCUT2D eigenvalue weighted by Crippen LogP contribution is -2.43. The van der Waals surface area contributed by atoms with Crippen LogP contribution in [0.3, 0.4) is 0 Å². The number of hydrogen-bond acceptors (Lipinski definition) is 4. The summed E-state index contributed by atoms with van der Waals surface area (Å²) in [5, 5.41) is 8.17. The number of nitrogens with one attached hydrogen (secondary N) is 1. The standard InChI is InChI=1S/C14H19N3S/c1-2-4-13-11(3-1)16-14-15-7-5-12(17(13)14)10-6-8-18-9-10/h6,8-9,11-13H,1-5,7H2,(H,15,16). The minimum Gasteiger partial charge on any atom is -0.351 e. The first kappa shape index (κ1) is 10.9. The van der Waals surface area contributed by atoms with Crippen molar-refractivity contribution in [1.29, 1.82) is 0 Å². The molecule has 1 aromatic heterocycles. The molecule has 2 aliphatic heterocycles. The van der Waals surface area contributed by atoms with E-state index in [-0.39, 0.29) is 0 Å². The highest BCUT2D eigenvalue weighted by molar-refractivity contribution is 7.07. The van der Waals surface area contributed by atoms with Crippen LogP contribution in [0.15, 0.2) is 21.8 Å². The van der Waals surface area contributed by atoms with E-state index in [2.05, 4.69) is 27.0 Å². The third-order valence-corrected chi connectivity index (χ3v) is 5.28. The van der Waals surface area contributed by atoms with Crippen LogP contribution in [0.5, 0.6) is 0 Å². The van der Waals surface area contributed by atoms with Crippen LogP contribution in [0, 0.1) is 0 Å². The van der Waals surface area contributed by atoms with Crippen LogP contribution in [0.25, 0.3) is 0 Å². The normalized spacial score (nSPS) is 34.6. The Kier molecular flexibility index (Phi) is 2.57. The summed E-state index contributed by atoms with van der Waals surface area (Å²) in [4.78, 5) is 7.30. The Morgan fingerprint density at radius 3 is 3.11 bits per heavy atom. The second-order valence-electron chi connectivity index (χ2n) is 5.58. The molecule has 1 N–H and O–H groups in total. The van der Waals surface area contributed by atoms with Gasteiger partial charge in [0.15, 0.2) is 5.96 Å². The largest absolute Gasteiger partial charge is 0.351 e. The minimum atomic E-state index is 0.560. The van der Waals surface area contributed by atoms with Gasteiger partial charge in [-0.3, -0.25) is 4.99 Å². The van der Waals surface area contributed by atoms with Gasteiger partial charge in [-0.2, -0.15) is 11.3 Å². The molecule has 1 saturated carbocycles. The molecule has 1 aromatic rings. The number of guanidine groups is 1. The van der Waals surface area contributed by atoms with E-state index >= 15 is 0 Å². The fourth-order valence-corrected chi connectivity index (χ4v) is 4.45. The molecule has 3 aliphatic rings. The molecule has 0 spiro atoms. The Labute approximate surface area is 112 Å². The van der Waals surface area contributed by atoms with Crippen LogP contribution in [-0.2, 0) is 0 Å². The summed E-state index contributed by atoms with van der Waals surface area (Å²) in [6, 6.07) is 4.18. The zero-order chi connectivity index (χ0) is 11.9. The van der Waals surface area contributed by atoms with Gasteiger partial charge in [-0.15, -0.1) is 0 Å². The minimum absolute atomic E-state index is 0.560. The van der Waals surface area contributed by atoms with Crippen LogP contribution < -0.4 is 5.32 Å². The van der Waals surface area contributed by atoms with E-state index in [1.165, 1.54) is 43.6 Å². The van der Waals surface area contributed by atoms with Crippen molar-refractivity contribution in [3.63, 3.8) is 0 Å². The molecule has 4 heteroatoms. The second kappa shape index (κ2) is 4.26. The number of hydrogen-bond donors (Lipinski definition) is 1. The molecule has 2 fully saturated rings. The van der Waals surface area contributed by atoms with Crippen LogP contribution in [0.1, 0.15) is 43.7 Å². The van der Waals surface area contributed by atoms with Gasteiger partial charge in [0.1, 0.15) is 0 Å². The summed E-state index contributed by atoms with van der Waals surface area (Å²) in [6.45, 7) is 0.971. The maximum Gasteiger partial charge on any atom is 0.195 e. The molecule has 4 rings (SSSR count). The number of thiophene rings is 1. The quantitative estimate of drug-likeness (QED) is 0.842. The predicted octanol–water partition coefficient (Wildman–Crippen LogP) is 2.77. The van der Waals surface area contributed by atoms with Crippen LogP contribution in [0.4, 0.5) is 0 Å². The maximum atomic E-state index is 4.71. The monoisotopic (exact) mass is 261 g/mol. The molecule has 3 unspecified atom stereocenters. The highest BCUT2D eigenvalue weighted by Gasteiger charge is 2.43. The Morgan fingerprint density at radius 1 is 1.28 bits per heavy atom. The highest BCUT2D eigenvalue weighted by atomic mass is 32.1. The molecular formula is C14H19N3S. The fourth-order valence-electron chi connectivity index (χ4n) is 3.74. The average molecular weight is 261 g/mol. The summed E-state index contributed by atoms with van der Waals surface area (Å²) in [7, 11) is 0. The van der Waals surface area contributed by atoms with E-state index in [4.69, 9.17) is 4.99 Å².